The first-order chi connectivity index (χ1) is 5.69. The molecule has 0 bridgehead atoms. The zero-order valence-electron chi connectivity index (χ0n) is 7.85. The van der Waals surface area contributed by atoms with Crippen molar-refractivity contribution >= 4 is 6.08 Å². The molecule has 0 heterocycles. The molecule has 1 aromatic rings. The zero-order valence-corrected chi connectivity index (χ0v) is 7.85. The van der Waals surface area contributed by atoms with Crippen molar-refractivity contribution in [2.45, 2.75) is 13.8 Å². The van der Waals surface area contributed by atoms with Crippen LogP contribution in [0.2, 0.25) is 0 Å². The van der Waals surface area contributed by atoms with Gasteiger partial charge >= 0.3 is 0 Å². The van der Waals surface area contributed by atoms with Gasteiger partial charge in [-0.1, -0.05) is 18.7 Å². The summed E-state index contributed by atoms with van der Waals surface area (Å²) in [5.41, 5.74) is 3.50. The van der Waals surface area contributed by atoms with Crippen LogP contribution in [0.4, 0.5) is 0 Å². The van der Waals surface area contributed by atoms with Gasteiger partial charge in [-0.2, -0.15) is 0 Å². The van der Waals surface area contributed by atoms with Crippen LogP contribution in [0.1, 0.15) is 16.7 Å². The number of benzene rings is 1. The average Bonchev–Trinajstić information content (AvgIpc) is 2.08. The molecule has 0 saturated carbocycles. The minimum Gasteiger partial charge on any atom is -0.496 e. The molecular formula is C11H14O. The van der Waals surface area contributed by atoms with Crippen LogP contribution in [-0.4, -0.2) is 7.11 Å². The second kappa shape index (κ2) is 3.44. The van der Waals surface area contributed by atoms with Crippen molar-refractivity contribution in [3.8, 4) is 5.75 Å². The molecule has 0 aromatic heterocycles. The Morgan fingerprint density at radius 3 is 2.50 bits per heavy atom. The molecule has 0 aliphatic carbocycles. The number of aryl methyl sites for hydroxylation is 1. The molecule has 0 saturated heterocycles. The summed E-state index contributed by atoms with van der Waals surface area (Å²) in [5.74, 6) is 0.935. The molecule has 0 unspecified atom stereocenters. The van der Waals surface area contributed by atoms with E-state index in [1.54, 1.807) is 7.11 Å². The third-order valence-corrected chi connectivity index (χ3v) is 1.98. The Bertz CT molecular complexity index is 300. The molecule has 0 spiro atoms. The smallest absolute Gasteiger partial charge is 0.122 e. The highest BCUT2D eigenvalue weighted by atomic mass is 16.5. The number of methoxy groups -OCH3 is 1. The van der Waals surface area contributed by atoms with Crippen molar-refractivity contribution in [2.75, 3.05) is 7.11 Å². The molecule has 1 rings (SSSR count). The third kappa shape index (κ3) is 1.50. The van der Waals surface area contributed by atoms with Gasteiger partial charge in [0.25, 0.3) is 0 Å². The molecule has 0 aliphatic heterocycles. The van der Waals surface area contributed by atoms with E-state index < -0.39 is 0 Å². The van der Waals surface area contributed by atoms with Gasteiger partial charge in [-0.05, 0) is 36.6 Å². The Balaban J connectivity index is 3.31. The lowest BCUT2D eigenvalue weighted by Gasteiger charge is -2.08. The van der Waals surface area contributed by atoms with Crippen LogP contribution in [0.3, 0.4) is 0 Å². The zero-order chi connectivity index (χ0) is 9.14. The summed E-state index contributed by atoms with van der Waals surface area (Å²) in [6.45, 7) is 7.84. The second-order valence-electron chi connectivity index (χ2n) is 2.89. The molecule has 1 aromatic carbocycles. The third-order valence-electron chi connectivity index (χ3n) is 1.98. The van der Waals surface area contributed by atoms with Crippen molar-refractivity contribution in [3.63, 3.8) is 0 Å². The summed E-state index contributed by atoms with van der Waals surface area (Å²) in [7, 11) is 1.69. The summed E-state index contributed by atoms with van der Waals surface area (Å²) in [6.07, 6.45) is 1.85. The Morgan fingerprint density at radius 1 is 1.33 bits per heavy atom. The Hall–Kier alpha value is -1.24. The van der Waals surface area contributed by atoms with E-state index in [0.717, 1.165) is 16.9 Å². The molecule has 0 amide bonds. The van der Waals surface area contributed by atoms with Gasteiger partial charge in [0.1, 0.15) is 5.75 Å². The average molecular weight is 162 g/mol. The highest BCUT2D eigenvalue weighted by Gasteiger charge is 2.02. The first-order valence-electron chi connectivity index (χ1n) is 3.96. The number of hydrogen-bond acceptors (Lipinski definition) is 1. The summed E-state index contributed by atoms with van der Waals surface area (Å²) < 4.78 is 5.22. The minimum atomic E-state index is 0.935. The molecule has 0 N–H and O–H groups in total. The second-order valence-corrected chi connectivity index (χ2v) is 2.89. The Labute approximate surface area is 73.7 Å². The van der Waals surface area contributed by atoms with Crippen molar-refractivity contribution in [1.82, 2.24) is 0 Å². The number of hydrogen-bond donors (Lipinski definition) is 0. The Kier molecular flexibility index (Phi) is 2.54. The van der Waals surface area contributed by atoms with Gasteiger partial charge in [0, 0.05) is 0 Å². The van der Waals surface area contributed by atoms with Crippen LogP contribution in [0.5, 0.6) is 5.75 Å². The van der Waals surface area contributed by atoms with Crippen LogP contribution < -0.4 is 4.74 Å². The molecule has 64 valence electrons. The summed E-state index contributed by atoms with van der Waals surface area (Å²) in [4.78, 5) is 0. The highest BCUT2D eigenvalue weighted by molar-refractivity contribution is 5.57. The minimum absolute atomic E-state index is 0.935. The van der Waals surface area contributed by atoms with E-state index in [9.17, 15) is 0 Å². The molecular weight excluding hydrogens is 148 g/mol. The first kappa shape index (κ1) is 8.85. The summed E-state index contributed by atoms with van der Waals surface area (Å²) in [5, 5.41) is 0. The van der Waals surface area contributed by atoms with E-state index in [0.29, 0.717) is 0 Å². The first-order valence-corrected chi connectivity index (χ1v) is 3.96. The standard InChI is InChI=1S/C11H14O/c1-5-10-6-8(2)7-11(12-4)9(10)3/h5-7H,1H2,2-4H3. The fraction of sp³-hybridized carbons (Fsp3) is 0.273. The van der Waals surface area contributed by atoms with Gasteiger partial charge in [-0.25, -0.2) is 0 Å². The van der Waals surface area contributed by atoms with Crippen LogP contribution in [0.25, 0.3) is 6.08 Å². The van der Waals surface area contributed by atoms with Crippen molar-refractivity contribution < 1.29 is 4.74 Å². The van der Waals surface area contributed by atoms with Gasteiger partial charge < -0.3 is 4.74 Å². The van der Waals surface area contributed by atoms with Crippen LogP contribution in [0, 0.1) is 13.8 Å². The lowest BCUT2D eigenvalue weighted by molar-refractivity contribution is 0.411. The molecule has 1 nitrogen and oxygen atoms in total. The van der Waals surface area contributed by atoms with E-state index in [-0.39, 0.29) is 0 Å². The van der Waals surface area contributed by atoms with E-state index >= 15 is 0 Å². The van der Waals surface area contributed by atoms with E-state index in [2.05, 4.69) is 19.6 Å². The molecule has 0 fully saturated rings. The lowest BCUT2D eigenvalue weighted by Crippen LogP contribution is -1.90. The topological polar surface area (TPSA) is 9.23 Å². The van der Waals surface area contributed by atoms with Gasteiger partial charge in [0.05, 0.1) is 7.11 Å². The summed E-state index contributed by atoms with van der Waals surface area (Å²) in [6, 6.07) is 4.13. The highest BCUT2D eigenvalue weighted by Crippen LogP contribution is 2.23. The van der Waals surface area contributed by atoms with E-state index in [1.807, 2.05) is 19.1 Å². The van der Waals surface area contributed by atoms with E-state index in [1.165, 1.54) is 5.56 Å². The molecule has 12 heavy (non-hydrogen) atoms. The van der Waals surface area contributed by atoms with Gasteiger partial charge in [-0.15, -0.1) is 0 Å². The van der Waals surface area contributed by atoms with Crippen molar-refractivity contribution in [1.29, 1.82) is 0 Å². The lowest BCUT2D eigenvalue weighted by atomic mass is 10.0. The van der Waals surface area contributed by atoms with Crippen LogP contribution in [-0.2, 0) is 0 Å². The monoisotopic (exact) mass is 162 g/mol. The maximum Gasteiger partial charge on any atom is 0.122 e. The predicted octanol–water partition coefficient (Wildman–Crippen LogP) is 2.96. The molecule has 0 aliphatic rings. The fourth-order valence-corrected chi connectivity index (χ4v) is 1.28. The maximum atomic E-state index is 5.22. The van der Waals surface area contributed by atoms with Gasteiger partial charge in [-0.3, -0.25) is 0 Å². The van der Waals surface area contributed by atoms with Crippen molar-refractivity contribution in [3.05, 3.63) is 35.4 Å². The van der Waals surface area contributed by atoms with Crippen LogP contribution in [0.15, 0.2) is 18.7 Å². The van der Waals surface area contributed by atoms with Crippen molar-refractivity contribution in [2.24, 2.45) is 0 Å². The van der Waals surface area contributed by atoms with E-state index in [4.69, 9.17) is 4.74 Å². The largest absolute Gasteiger partial charge is 0.496 e. The Morgan fingerprint density at radius 2 is 2.00 bits per heavy atom. The van der Waals surface area contributed by atoms with Gasteiger partial charge in [0.2, 0.25) is 0 Å². The maximum absolute atomic E-state index is 5.22. The molecule has 1 heteroatoms. The van der Waals surface area contributed by atoms with Gasteiger partial charge in [0.15, 0.2) is 0 Å². The quantitative estimate of drug-likeness (QED) is 0.649. The number of rotatable bonds is 2. The fourth-order valence-electron chi connectivity index (χ4n) is 1.28. The van der Waals surface area contributed by atoms with Crippen LogP contribution >= 0.6 is 0 Å². The normalized spacial score (nSPS) is 9.58. The number of ether oxygens (including phenoxy) is 1. The molecule has 0 radical (unpaired) electrons. The SMILES string of the molecule is C=Cc1cc(C)cc(OC)c1C. The molecule has 0 atom stereocenters. The predicted molar refractivity (Wildman–Crippen MR) is 52.6 cm³/mol. The summed E-state index contributed by atoms with van der Waals surface area (Å²) >= 11 is 0.